The lowest BCUT2D eigenvalue weighted by atomic mass is 9.83. The normalized spacial score (nSPS) is 18.0. The van der Waals surface area contributed by atoms with Gasteiger partial charge in [0, 0.05) is 17.7 Å². The van der Waals surface area contributed by atoms with Gasteiger partial charge in [-0.15, -0.1) is 0 Å². The lowest BCUT2D eigenvalue weighted by molar-refractivity contribution is -0.138. The van der Waals surface area contributed by atoms with Crippen LogP contribution in [0.5, 0.6) is 0 Å². The molecular formula is C24H32O5. The topological polar surface area (TPSA) is 69.7 Å². The van der Waals surface area contributed by atoms with Gasteiger partial charge in [-0.2, -0.15) is 0 Å². The molecule has 1 fully saturated rings. The largest absolute Gasteiger partial charge is 0.460 e. The molecule has 1 aromatic carbocycles. The van der Waals surface area contributed by atoms with Gasteiger partial charge in [-0.1, -0.05) is 42.8 Å². The van der Waals surface area contributed by atoms with Gasteiger partial charge in [0.05, 0.1) is 12.7 Å². The van der Waals surface area contributed by atoms with Gasteiger partial charge in [0.15, 0.2) is 5.78 Å². The highest BCUT2D eigenvalue weighted by Gasteiger charge is 2.29. The van der Waals surface area contributed by atoms with E-state index in [-0.39, 0.29) is 24.1 Å². The summed E-state index contributed by atoms with van der Waals surface area (Å²) in [6, 6.07) is 6.05. The van der Waals surface area contributed by atoms with E-state index in [0.29, 0.717) is 23.8 Å². The number of carbonyl (C=O) groups excluding carboxylic acids is 3. The van der Waals surface area contributed by atoms with Gasteiger partial charge in [-0.3, -0.25) is 9.59 Å². The summed E-state index contributed by atoms with van der Waals surface area (Å²) < 4.78 is 11.1. The maximum absolute atomic E-state index is 12.2. The molecule has 158 valence electrons. The number of esters is 1. The van der Waals surface area contributed by atoms with E-state index in [9.17, 15) is 14.4 Å². The van der Waals surface area contributed by atoms with Crippen molar-refractivity contribution in [1.82, 2.24) is 0 Å². The van der Waals surface area contributed by atoms with Crippen LogP contribution in [-0.4, -0.2) is 36.9 Å². The fraction of sp³-hybridized carbons (Fsp3) is 0.542. The van der Waals surface area contributed by atoms with Gasteiger partial charge in [-0.25, -0.2) is 4.79 Å². The van der Waals surface area contributed by atoms with Crippen LogP contribution in [0.25, 0.3) is 0 Å². The van der Waals surface area contributed by atoms with Crippen molar-refractivity contribution in [3.8, 4) is 0 Å². The Balaban J connectivity index is 1.87. The summed E-state index contributed by atoms with van der Waals surface area (Å²) in [7, 11) is 0. The van der Waals surface area contributed by atoms with Crippen molar-refractivity contribution in [2.24, 2.45) is 11.8 Å². The molecule has 0 saturated carbocycles. The Labute approximate surface area is 173 Å². The molecule has 0 aromatic heterocycles. The number of ketones is 2. The first-order valence-corrected chi connectivity index (χ1v) is 10.4. The van der Waals surface area contributed by atoms with Crippen molar-refractivity contribution >= 4 is 17.5 Å². The Bertz CT molecular complexity index is 737. The second-order valence-corrected chi connectivity index (χ2v) is 8.10. The minimum Gasteiger partial charge on any atom is -0.460 e. The third-order valence-corrected chi connectivity index (χ3v) is 5.52. The van der Waals surface area contributed by atoms with Gasteiger partial charge in [0.25, 0.3) is 5.78 Å². The molecule has 1 heterocycles. The molecule has 0 amide bonds. The second kappa shape index (κ2) is 11.1. The van der Waals surface area contributed by atoms with Crippen LogP contribution in [0.3, 0.4) is 0 Å². The van der Waals surface area contributed by atoms with Gasteiger partial charge >= 0.3 is 5.97 Å². The molecular weight excluding hydrogens is 368 g/mol. The minimum atomic E-state index is -0.856. The van der Waals surface area contributed by atoms with Crippen LogP contribution in [0, 0.1) is 11.8 Å². The Morgan fingerprint density at radius 3 is 2.34 bits per heavy atom. The molecule has 5 heteroatoms. The van der Waals surface area contributed by atoms with Crippen molar-refractivity contribution in [2.75, 3.05) is 13.2 Å². The number of hydrogen-bond acceptors (Lipinski definition) is 5. The van der Waals surface area contributed by atoms with E-state index in [4.69, 9.17) is 9.47 Å². The molecule has 1 aliphatic heterocycles. The molecule has 5 nitrogen and oxygen atoms in total. The fourth-order valence-corrected chi connectivity index (χ4v) is 3.65. The molecule has 1 aliphatic rings. The smallest absolute Gasteiger partial charge is 0.379 e. The number of hydrogen-bond donors (Lipinski definition) is 0. The van der Waals surface area contributed by atoms with E-state index >= 15 is 0 Å². The van der Waals surface area contributed by atoms with E-state index in [1.54, 1.807) is 12.1 Å². The second-order valence-electron chi connectivity index (χ2n) is 8.10. The van der Waals surface area contributed by atoms with Gasteiger partial charge < -0.3 is 9.47 Å². The predicted molar refractivity (Wildman–Crippen MR) is 112 cm³/mol. The summed E-state index contributed by atoms with van der Waals surface area (Å²) in [6.45, 7) is 8.81. The van der Waals surface area contributed by atoms with Crippen molar-refractivity contribution in [3.05, 3.63) is 47.0 Å². The number of benzene rings is 1. The standard InChI is InChI=1S/C24H32O5/c1-16(2)7-12-21(22-6-5-14-28-22)17(3)13-15-29-24(27)23(26)20-10-8-19(9-11-20)18(4)25/h7-11,17,21-22H,5-6,12-15H2,1-4H3. The molecule has 2 rings (SSSR count). The van der Waals surface area contributed by atoms with Gasteiger partial charge in [-0.05, 0) is 58.3 Å². The minimum absolute atomic E-state index is 0.0885. The molecule has 0 radical (unpaired) electrons. The molecule has 0 bridgehead atoms. The maximum Gasteiger partial charge on any atom is 0.379 e. The van der Waals surface area contributed by atoms with Gasteiger partial charge in [0.2, 0.25) is 0 Å². The van der Waals surface area contributed by atoms with E-state index in [2.05, 4.69) is 26.8 Å². The van der Waals surface area contributed by atoms with E-state index in [0.717, 1.165) is 25.9 Å². The zero-order chi connectivity index (χ0) is 21.4. The quantitative estimate of drug-likeness (QED) is 0.244. The van der Waals surface area contributed by atoms with E-state index in [1.165, 1.54) is 24.6 Å². The zero-order valence-electron chi connectivity index (χ0n) is 17.9. The summed E-state index contributed by atoms with van der Waals surface area (Å²) in [5, 5.41) is 0. The summed E-state index contributed by atoms with van der Waals surface area (Å²) in [4.78, 5) is 35.7. The van der Waals surface area contributed by atoms with Crippen LogP contribution in [0.1, 0.15) is 74.1 Å². The summed E-state index contributed by atoms with van der Waals surface area (Å²) in [5.41, 5.74) is 2.02. The number of Topliss-reactive ketones (excluding diaryl/α,β-unsaturated/α-hetero) is 2. The molecule has 1 saturated heterocycles. The van der Waals surface area contributed by atoms with E-state index in [1.807, 2.05) is 0 Å². The van der Waals surface area contributed by atoms with Crippen molar-refractivity contribution < 1.29 is 23.9 Å². The fourth-order valence-electron chi connectivity index (χ4n) is 3.65. The Morgan fingerprint density at radius 2 is 1.79 bits per heavy atom. The third kappa shape index (κ3) is 6.93. The first-order valence-electron chi connectivity index (χ1n) is 10.4. The van der Waals surface area contributed by atoms with Crippen molar-refractivity contribution in [3.63, 3.8) is 0 Å². The first-order chi connectivity index (χ1) is 13.8. The number of rotatable bonds is 10. The average molecular weight is 401 g/mol. The number of allylic oxidation sites excluding steroid dienone is 2. The molecule has 1 aromatic rings. The van der Waals surface area contributed by atoms with Crippen LogP contribution in [0.2, 0.25) is 0 Å². The molecule has 0 spiro atoms. The predicted octanol–water partition coefficient (Wildman–Crippen LogP) is 4.79. The SMILES string of the molecule is CC(=O)c1ccc(C(=O)C(=O)OCCC(C)C(CC=C(C)C)C2CCCO2)cc1. The summed E-state index contributed by atoms with van der Waals surface area (Å²) >= 11 is 0. The Hall–Kier alpha value is -2.27. The number of ether oxygens (including phenoxy) is 2. The lowest BCUT2D eigenvalue weighted by Crippen LogP contribution is -2.27. The molecule has 0 aliphatic carbocycles. The van der Waals surface area contributed by atoms with E-state index < -0.39 is 11.8 Å². The molecule has 3 unspecified atom stereocenters. The molecule has 0 N–H and O–H groups in total. The highest BCUT2D eigenvalue weighted by molar-refractivity contribution is 6.40. The van der Waals surface area contributed by atoms with Crippen LogP contribution in [0.15, 0.2) is 35.9 Å². The highest BCUT2D eigenvalue weighted by Crippen LogP contribution is 2.31. The monoisotopic (exact) mass is 400 g/mol. The zero-order valence-corrected chi connectivity index (χ0v) is 17.9. The van der Waals surface area contributed by atoms with Gasteiger partial charge in [0.1, 0.15) is 0 Å². The van der Waals surface area contributed by atoms with Crippen molar-refractivity contribution in [2.45, 2.75) is 59.5 Å². The maximum atomic E-state index is 12.2. The van der Waals surface area contributed by atoms with Crippen molar-refractivity contribution in [1.29, 1.82) is 0 Å². The van der Waals surface area contributed by atoms with Crippen LogP contribution in [0.4, 0.5) is 0 Å². The highest BCUT2D eigenvalue weighted by atomic mass is 16.5. The molecule has 29 heavy (non-hydrogen) atoms. The van der Waals surface area contributed by atoms with Crippen LogP contribution >= 0.6 is 0 Å². The van der Waals surface area contributed by atoms with Crippen LogP contribution < -0.4 is 0 Å². The third-order valence-electron chi connectivity index (χ3n) is 5.52. The average Bonchev–Trinajstić information content (AvgIpc) is 3.21. The Morgan fingerprint density at radius 1 is 1.14 bits per heavy atom. The Kier molecular flexibility index (Phi) is 8.77. The summed E-state index contributed by atoms with van der Waals surface area (Å²) in [6.07, 6.45) is 6.28. The first kappa shape index (κ1) is 23.0. The summed E-state index contributed by atoms with van der Waals surface area (Å²) in [5.74, 6) is -0.944. The van der Waals surface area contributed by atoms with Crippen LogP contribution in [-0.2, 0) is 14.3 Å². The lowest BCUT2D eigenvalue weighted by Gasteiger charge is -2.28. The molecule has 3 atom stereocenters. The number of carbonyl (C=O) groups is 3.